The van der Waals surface area contributed by atoms with E-state index in [1.54, 1.807) is 5.57 Å². The number of halogens is 1. The lowest BCUT2D eigenvalue weighted by molar-refractivity contribution is 0.668. The molecule has 0 aromatic heterocycles. The first-order valence-corrected chi connectivity index (χ1v) is 6.04. The number of nitrogens with two attached hydrogens (primary N) is 1. The van der Waals surface area contributed by atoms with Gasteiger partial charge in [-0.3, -0.25) is 4.99 Å². The average molecular weight is 337 g/mol. The Morgan fingerprint density at radius 2 is 2.31 bits per heavy atom. The predicted octanol–water partition coefficient (Wildman–Crippen LogP) is 2.81. The van der Waals surface area contributed by atoms with Crippen LogP contribution in [0, 0.1) is 0 Å². The van der Waals surface area contributed by atoms with E-state index < -0.39 is 0 Å². The molecule has 0 saturated heterocycles. The topological polar surface area (TPSA) is 50.4 Å². The van der Waals surface area contributed by atoms with Crippen molar-refractivity contribution in [2.45, 2.75) is 45.4 Å². The van der Waals surface area contributed by atoms with Crippen molar-refractivity contribution >= 4 is 29.9 Å². The fraction of sp³-hybridized carbons (Fsp3) is 0.750. The molecule has 16 heavy (non-hydrogen) atoms. The summed E-state index contributed by atoms with van der Waals surface area (Å²) in [5, 5.41) is 3.15. The summed E-state index contributed by atoms with van der Waals surface area (Å²) in [7, 11) is 0. The van der Waals surface area contributed by atoms with Crippen LogP contribution in [0.2, 0.25) is 0 Å². The van der Waals surface area contributed by atoms with Gasteiger partial charge in [-0.25, -0.2) is 0 Å². The molecule has 94 valence electrons. The molecule has 1 aliphatic rings. The molecular weight excluding hydrogens is 313 g/mol. The molecule has 0 spiro atoms. The third-order valence-electron chi connectivity index (χ3n) is 2.64. The van der Waals surface area contributed by atoms with E-state index in [1.807, 2.05) is 0 Å². The van der Waals surface area contributed by atoms with Crippen LogP contribution in [0.15, 0.2) is 16.6 Å². The lowest BCUT2D eigenvalue weighted by Gasteiger charge is -2.13. The van der Waals surface area contributed by atoms with Gasteiger partial charge in [0, 0.05) is 13.1 Å². The standard InChI is InChI=1S/C12H23N3.HI/c1-2-9-14-12(13)15-10-8-11-6-4-3-5-7-11;/h6H,2-5,7-10H2,1H3,(H3,13,14,15);1H. The molecule has 0 atom stereocenters. The largest absolute Gasteiger partial charge is 0.370 e. The number of nitrogens with zero attached hydrogens (tertiary/aromatic N) is 1. The maximum absolute atomic E-state index is 5.69. The minimum Gasteiger partial charge on any atom is -0.370 e. The molecule has 0 unspecified atom stereocenters. The van der Waals surface area contributed by atoms with Gasteiger partial charge in [-0.2, -0.15) is 0 Å². The van der Waals surface area contributed by atoms with Crippen LogP contribution in [-0.4, -0.2) is 19.0 Å². The number of rotatable bonds is 5. The number of aliphatic imine (C=N–C) groups is 1. The van der Waals surface area contributed by atoms with Gasteiger partial charge < -0.3 is 11.1 Å². The normalized spacial score (nSPS) is 16.3. The van der Waals surface area contributed by atoms with Crippen molar-refractivity contribution in [1.29, 1.82) is 0 Å². The van der Waals surface area contributed by atoms with E-state index in [1.165, 1.54) is 25.7 Å². The zero-order valence-electron chi connectivity index (χ0n) is 10.2. The van der Waals surface area contributed by atoms with Crippen LogP contribution in [0.1, 0.15) is 45.4 Å². The zero-order valence-corrected chi connectivity index (χ0v) is 12.5. The molecule has 0 aromatic carbocycles. The Balaban J connectivity index is 0.00000225. The SMILES string of the molecule is CCCN=C(N)NCCC1=CCCCC1.I. The van der Waals surface area contributed by atoms with Crippen LogP contribution in [-0.2, 0) is 0 Å². The first-order chi connectivity index (χ1) is 7.33. The summed E-state index contributed by atoms with van der Waals surface area (Å²) >= 11 is 0. The molecule has 3 N–H and O–H groups in total. The smallest absolute Gasteiger partial charge is 0.188 e. The number of allylic oxidation sites excluding steroid dienone is 1. The lowest BCUT2D eigenvalue weighted by atomic mass is 9.97. The summed E-state index contributed by atoms with van der Waals surface area (Å²) < 4.78 is 0. The maximum Gasteiger partial charge on any atom is 0.188 e. The second kappa shape index (κ2) is 9.93. The minimum absolute atomic E-state index is 0. The third kappa shape index (κ3) is 7.09. The lowest BCUT2D eigenvalue weighted by Crippen LogP contribution is -2.32. The van der Waals surface area contributed by atoms with Crippen molar-refractivity contribution in [3.8, 4) is 0 Å². The van der Waals surface area contributed by atoms with Crippen molar-refractivity contribution in [2.75, 3.05) is 13.1 Å². The first kappa shape index (κ1) is 15.7. The fourth-order valence-electron chi connectivity index (χ4n) is 1.77. The molecular formula is C12H24IN3. The van der Waals surface area contributed by atoms with Crippen LogP contribution >= 0.6 is 24.0 Å². The predicted molar refractivity (Wildman–Crippen MR) is 81.4 cm³/mol. The molecule has 1 rings (SSSR count). The van der Waals surface area contributed by atoms with E-state index in [9.17, 15) is 0 Å². The van der Waals surface area contributed by atoms with E-state index in [0.717, 1.165) is 25.9 Å². The van der Waals surface area contributed by atoms with Crippen molar-refractivity contribution in [3.05, 3.63) is 11.6 Å². The van der Waals surface area contributed by atoms with E-state index in [4.69, 9.17) is 5.73 Å². The van der Waals surface area contributed by atoms with Gasteiger partial charge in [0.1, 0.15) is 0 Å². The Hall–Kier alpha value is -0.260. The highest BCUT2D eigenvalue weighted by Gasteiger charge is 2.02. The van der Waals surface area contributed by atoms with E-state index >= 15 is 0 Å². The van der Waals surface area contributed by atoms with Crippen molar-refractivity contribution in [3.63, 3.8) is 0 Å². The summed E-state index contributed by atoms with van der Waals surface area (Å²) in [5.41, 5.74) is 7.28. The molecule has 0 amide bonds. The Kier molecular flexibility index (Phi) is 9.77. The molecule has 0 aromatic rings. The quantitative estimate of drug-likeness (QED) is 0.351. The molecule has 0 aliphatic heterocycles. The van der Waals surface area contributed by atoms with E-state index in [2.05, 4.69) is 23.3 Å². The molecule has 0 bridgehead atoms. The van der Waals surface area contributed by atoms with Crippen LogP contribution in [0.25, 0.3) is 0 Å². The summed E-state index contributed by atoms with van der Waals surface area (Å²) in [6, 6.07) is 0. The number of hydrogen-bond acceptors (Lipinski definition) is 1. The van der Waals surface area contributed by atoms with Gasteiger partial charge in [0.25, 0.3) is 0 Å². The molecule has 3 nitrogen and oxygen atoms in total. The van der Waals surface area contributed by atoms with Gasteiger partial charge >= 0.3 is 0 Å². The summed E-state index contributed by atoms with van der Waals surface area (Å²) in [4.78, 5) is 4.19. The Morgan fingerprint density at radius 3 is 2.94 bits per heavy atom. The molecule has 0 radical (unpaired) electrons. The van der Waals surface area contributed by atoms with E-state index in [-0.39, 0.29) is 24.0 Å². The Labute approximate surface area is 116 Å². The van der Waals surface area contributed by atoms with Crippen LogP contribution in [0.3, 0.4) is 0 Å². The summed E-state index contributed by atoms with van der Waals surface area (Å²) in [6.45, 7) is 3.84. The summed E-state index contributed by atoms with van der Waals surface area (Å²) in [5.74, 6) is 0.591. The fourth-order valence-corrected chi connectivity index (χ4v) is 1.77. The van der Waals surface area contributed by atoms with Gasteiger partial charge in [-0.15, -0.1) is 24.0 Å². The van der Waals surface area contributed by atoms with Crippen LogP contribution in [0.4, 0.5) is 0 Å². The van der Waals surface area contributed by atoms with Gasteiger partial charge in [-0.05, 0) is 38.5 Å². The zero-order chi connectivity index (χ0) is 10.9. The third-order valence-corrected chi connectivity index (χ3v) is 2.64. The molecule has 0 fully saturated rings. The summed E-state index contributed by atoms with van der Waals surface area (Å²) in [6.07, 6.45) is 9.78. The number of guanidine groups is 1. The Bertz CT molecular complexity index is 236. The van der Waals surface area contributed by atoms with E-state index in [0.29, 0.717) is 5.96 Å². The van der Waals surface area contributed by atoms with Crippen molar-refractivity contribution < 1.29 is 0 Å². The highest BCUT2D eigenvalue weighted by Crippen LogP contribution is 2.19. The first-order valence-electron chi connectivity index (χ1n) is 6.04. The highest BCUT2D eigenvalue weighted by atomic mass is 127. The molecule has 0 heterocycles. The number of nitrogens with one attached hydrogen (secondary N) is 1. The average Bonchev–Trinajstić information content (AvgIpc) is 2.28. The molecule has 1 aliphatic carbocycles. The second-order valence-electron chi connectivity index (χ2n) is 4.05. The maximum atomic E-state index is 5.69. The second-order valence-corrected chi connectivity index (χ2v) is 4.05. The molecule has 0 saturated carbocycles. The van der Waals surface area contributed by atoms with Crippen molar-refractivity contribution in [2.24, 2.45) is 10.7 Å². The van der Waals surface area contributed by atoms with Gasteiger partial charge in [0.05, 0.1) is 0 Å². The van der Waals surface area contributed by atoms with Gasteiger partial charge in [0.15, 0.2) is 5.96 Å². The highest BCUT2D eigenvalue weighted by molar-refractivity contribution is 14.0. The number of hydrogen-bond donors (Lipinski definition) is 2. The van der Waals surface area contributed by atoms with Gasteiger partial charge in [0.2, 0.25) is 0 Å². The van der Waals surface area contributed by atoms with Crippen LogP contribution in [0.5, 0.6) is 0 Å². The van der Waals surface area contributed by atoms with Crippen LogP contribution < -0.4 is 11.1 Å². The Morgan fingerprint density at radius 1 is 1.50 bits per heavy atom. The minimum atomic E-state index is 0. The van der Waals surface area contributed by atoms with Gasteiger partial charge in [-0.1, -0.05) is 18.6 Å². The monoisotopic (exact) mass is 337 g/mol. The van der Waals surface area contributed by atoms with Crippen molar-refractivity contribution in [1.82, 2.24) is 5.32 Å². The molecule has 4 heteroatoms.